The summed E-state index contributed by atoms with van der Waals surface area (Å²) in [5.74, 6) is -0.268. The number of methoxy groups -OCH3 is 2. The van der Waals surface area contributed by atoms with Gasteiger partial charge in [0.2, 0.25) is 0 Å². The fourth-order valence-corrected chi connectivity index (χ4v) is 2.61. The molecule has 1 amide bonds. The Bertz CT molecular complexity index is 808. The number of benzene rings is 2. The molecule has 8 heteroatoms. The van der Waals surface area contributed by atoms with Crippen molar-refractivity contribution in [3.05, 3.63) is 51.1 Å². The highest BCUT2D eigenvalue weighted by atomic mass is 127. The van der Waals surface area contributed by atoms with Gasteiger partial charge in [0.1, 0.15) is 11.3 Å². The normalized spacial score (nSPS) is 10.1. The average molecular weight is 471 g/mol. The van der Waals surface area contributed by atoms with E-state index in [0.717, 1.165) is 9.13 Å². The highest BCUT2D eigenvalue weighted by Crippen LogP contribution is 2.27. The molecule has 2 N–H and O–H groups in total. The number of carbonyl (C=O) groups excluding carboxylic acids is 2. The molecule has 0 heterocycles. The largest absolute Gasteiger partial charge is 0.507 e. The molecule has 0 aliphatic heterocycles. The fraction of sp³-hybridized carbons (Fsp3) is 0.222. The van der Waals surface area contributed by atoms with E-state index in [1.807, 2.05) is 22.6 Å². The average Bonchev–Trinajstić information content (AvgIpc) is 2.65. The molecule has 0 atom stereocenters. The summed E-state index contributed by atoms with van der Waals surface area (Å²) >= 11 is 2.01. The van der Waals surface area contributed by atoms with E-state index in [2.05, 4.69) is 5.32 Å². The van der Waals surface area contributed by atoms with Gasteiger partial charge in [0.25, 0.3) is 5.91 Å². The summed E-state index contributed by atoms with van der Waals surface area (Å²) in [5, 5.41) is 12.3. The predicted molar refractivity (Wildman–Crippen MR) is 102 cm³/mol. The van der Waals surface area contributed by atoms with Crippen LogP contribution in [-0.2, 0) is 16.1 Å². The predicted octanol–water partition coefficient (Wildman–Crippen LogP) is 2.49. The zero-order chi connectivity index (χ0) is 19.1. The van der Waals surface area contributed by atoms with Crippen molar-refractivity contribution in [2.24, 2.45) is 0 Å². The minimum absolute atomic E-state index is 0.0181. The molecule has 2 aromatic carbocycles. The molecule has 0 aromatic heterocycles. The molecule has 138 valence electrons. The van der Waals surface area contributed by atoms with E-state index in [1.165, 1.54) is 19.2 Å². The number of hydrogen-bond donors (Lipinski definition) is 2. The van der Waals surface area contributed by atoms with Gasteiger partial charge in [-0.15, -0.1) is 0 Å². The minimum Gasteiger partial charge on any atom is -0.507 e. The van der Waals surface area contributed by atoms with Gasteiger partial charge in [-0.1, -0.05) is 6.07 Å². The number of ether oxygens (including phenoxy) is 3. The topological polar surface area (TPSA) is 94.1 Å². The van der Waals surface area contributed by atoms with E-state index >= 15 is 0 Å². The first kappa shape index (κ1) is 19.8. The van der Waals surface area contributed by atoms with Crippen LogP contribution in [0.1, 0.15) is 15.9 Å². The summed E-state index contributed by atoms with van der Waals surface area (Å²) in [7, 11) is 3.07. The van der Waals surface area contributed by atoms with E-state index in [4.69, 9.17) is 14.2 Å². The molecule has 2 aromatic rings. The van der Waals surface area contributed by atoms with Crippen molar-refractivity contribution in [3.63, 3.8) is 0 Å². The number of halogens is 1. The lowest BCUT2D eigenvalue weighted by molar-refractivity contribution is -0.124. The zero-order valence-corrected chi connectivity index (χ0v) is 16.4. The van der Waals surface area contributed by atoms with Crippen LogP contribution in [0.2, 0.25) is 0 Å². The molecule has 0 fully saturated rings. The fourth-order valence-electron chi connectivity index (χ4n) is 2.12. The van der Waals surface area contributed by atoms with Crippen molar-refractivity contribution in [3.8, 4) is 17.2 Å². The second kappa shape index (κ2) is 9.27. The Kier molecular flexibility index (Phi) is 7.07. The first-order valence-electron chi connectivity index (χ1n) is 7.58. The van der Waals surface area contributed by atoms with Crippen molar-refractivity contribution in [1.82, 2.24) is 5.32 Å². The number of nitrogens with one attached hydrogen (secondary N) is 1. The summed E-state index contributed by atoms with van der Waals surface area (Å²) in [6.07, 6.45) is 0. The maximum atomic E-state index is 12.0. The Morgan fingerprint density at radius 2 is 1.81 bits per heavy atom. The molecule has 0 radical (unpaired) electrons. The maximum Gasteiger partial charge on any atom is 0.342 e. The molecule has 0 aliphatic rings. The number of phenolic OH excluding ortho intramolecular Hbond substituents is 1. The third-order valence-corrected chi connectivity index (χ3v) is 4.12. The number of rotatable bonds is 7. The zero-order valence-electron chi connectivity index (χ0n) is 14.2. The summed E-state index contributed by atoms with van der Waals surface area (Å²) in [4.78, 5) is 23.8. The van der Waals surface area contributed by atoms with E-state index in [-0.39, 0.29) is 17.9 Å². The Morgan fingerprint density at radius 1 is 1.08 bits per heavy atom. The van der Waals surface area contributed by atoms with Gasteiger partial charge in [0.05, 0.1) is 14.2 Å². The molecule has 7 nitrogen and oxygen atoms in total. The highest BCUT2D eigenvalue weighted by Gasteiger charge is 2.15. The monoisotopic (exact) mass is 471 g/mol. The molecule has 0 spiro atoms. The van der Waals surface area contributed by atoms with Crippen LogP contribution in [0.4, 0.5) is 0 Å². The van der Waals surface area contributed by atoms with Crippen LogP contribution < -0.4 is 14.8 Å². The number of amides is 1. The molecule has 0 saturated carbocycles. The highest BCUT2D eigenvalue weighted by molar-refractivity contribution is 14.1. The summed E-state index contributed by atoms with van der Waals surface area (Å²) < 4.78 is 16.1. The van der Waals surface area contributed by atoms with Crippen LogP contribution in [-0.4, -0.2) is 37.8 Å². The summed E-state index contributed by atoms with van der Waals surface area (Å²) in [5.41, 5.74) is 0.821. The van der Waals surface area contributed by atoms with Gasteiger partial charge in [0, 0.05) is 10.1 Å². The molecule has 0 saturated heterocycles. The smallest absolute Gasteiger partial charge is 0.342 e. The summed E-state index contributed by atoms with van der Waals surface area (Å²) in [6, 6.07) is 9.81. The second-order valence-electron chi connectivity index (χ2n) is 5.20. The number of hydrogen-bond acceptors (Lipinski definition) is 6. The minimum atomic E-state index is -0.762. The van der Waals surface area contributed by atoms with Gasteiger partial charge in [-0.05, 0) is 58.5 Å². The van der Waals surface area contributed by atoms with Crippen molar-refractivity contribution in [2.45, 2.75) is 6.54 Å². The molecule has 2 rings (SSSR count). The molecule has 0 aliphatic carbocycles. The first-order valence-corrected chi connectivity index (χ1v) is 8.65. The first-order chi connectivity index (χ1) is 12.4. The van der Waals surface area contributed by atoms with Gasteiger partial charge in [-0.25, -0.2) is 4.79 Å². The Hall–Kier alpha value is -2.49. The van der Waals surface area contributed by atoms with Crippen LogP contribution in [0.15, 0.2) is 36.4 Å². The number of esters is 1. The molecule has 26 heavy (non-hydrogen) atoms. The third-order valence-electron chi connectivity index (χ3n) is 3.45. The second-order valence-corrected chi connectivity index (χ2v) is 6.45. The van der Waals surface area contributed by atoms with E-state index in [0.29, 0.717) is 11.5 Å². The Morgan fingerprint density at radius 3 is 2.50 bits per heavy atom. The Labute approximate surface area is 164 Å². The van der Waals surface area contributed by atoms with Crippen LogP contribution in [0.25, 0.3) is 0 Å². The van der Waals surface area contributed by atoms with Crippen LogP contribution >= 0.6 is 22.6 Å². The number of carbonyl (C=O) groups is 2. The van der Waals surface area contributed by atoms with Crippen LogP contribution in [0, 0.1) is 3.57 Å². The van der Waals surface area contributed by atoms with E-state index < -0.39 is 18.5 Å². The quantitative estimate of drug-likeness (QED) is 0.476. The third kappa shape index (κ3) is 5.25. The molecular weight excluding hydrogens is 453 g/mol. The van der Waals surface area contributed by atoms with Crippen molar-refractivity contribution >= 4 is 34.5 Å². The van der Waals surface area contributed by atoms with Crippen molar-refractivity contribution in [2.75, 3.05) is 20.8 Å². The maximum absolute atomic E-state index is 12.0. The van der Waals surface area contributed by atoms with Crippen LogP contribution in [0.3, 0.4) is 0 Å². The molecular formula is C18H18INO6. The van der Waals surface area contributed by atoms with Crippen LogP contribution in [0.5, 0.6) is 17.2 Å². The lowest BCUT2D eigenvalue weighted by Crippen LogP contribution is -2.28. The van der Waals surface area contributed by atoms with Crippen molar-refractivity contribution < 1.29 is 28.9 Å². The van der Waals surface area contributed by atoms with E-state index in [1.54, 1.807) is 31.4 Å². The van der Waals surface area contributed by atoms with Gasteiger partial charge in [-0.2, -0.15) is 0 Å². The SMILES string of the molecule is COc1ccc(CNC(=O)COC(=O)c2cc(I)ccc2O)cc1OC. The van der Waals surface area contributed by atoms with Gasteiger partial charge in [-0.3, -0.25) is 4.79 Å². The van der Waals surface area contributed by atoms with E-state index in [9.17, 15) is 14.7 Å². The van der Waals surface area contributed by atoms with Gasteiger partial charge < -0.3 is 24.6 Å². The lowest BCUT2D eigenvalue weighted by Gasteiger charge is -2.11. The lowest BCUT2D eigenvalue weighted by atomic mass is 10.2. The van der Waals surface area contributed by atoms with Gasteiger partial charge in [0.15, 0.2) is 18.1 Å². The molecule has 0 bridgehead atoms. The number of phenols is 1. The molecule has 0 unspecified atom stereocenters. The van der Waals surface area contributed by atoms with Gasteiger partial charge >= 0.3 is 5.97 Å². The Balaban J connectivity index is 1.87. The standard InChI is InChI=1S/C18H18INO6/c1-24-15-6-3-11(7-16(15)25-2)9-20-17(22)10-26-18(23)13-8-12(19)4-5-14(13)21/h3-8,21H,9-10H2,1-2H3,(H,20,22). The summed E-state index contributed by atoms with van der Waals surface area (Å²) in [6.45, 7) is -0.206. The van der Waals surface area contributed by atoms with Crippen molar-refractivity contribution in [1.29, 1.82) is 0 Å². The number of aromatic hydroxyl groups is 1.